The third kappa shape index (κ3) is 2.67. The van der Waals surface area contributed by atoms with Crippen molar-refractivity contribution < 1.29 is 13.6 Å². The first-order valence-corrected chi connectivity index (χ1v) is 7.91. The molecule has 0 saturated carbocycles. The lowest BCUT2D eigenvalue weighted by Crippen LogP contribution is -2.50. The van der Waals surface area contributed by atoms with E-state index in [2.05, 4.69) is 5.16 Å². The van der Waals surface area contributed by atoms with Crippen molar-refractivity contribution in [3.8, 4) is 0 Å². The molecule has 0 aliphatic carbocycles. The van der Waals surface area contributed by atoms with E-state index in [0.29, 0.717) is 38.3 Å². The van der Waals surface area contributed by atoms with Gasteiger partial charge in [-0.25, -0.2) is 0 Å². The molecule has 0 radical (unpaired) electrons. The molecular formula is C11H21N3O3S. The molecule has 1 unspecified atom stereocenters. The van der Waals surface area contributed by atoms with Gasteiger partial charge in [0.15, 0.2) is 0 Å². The Kier molecular flexibility index (Phi) is 4.24. The number of rotatable bonds is 2. The third-order valence-corrected chi connectivity index (χ3v) is 5.76. The summed E-state index contributed by atoms with van der Waals surface area (Å²) < 4.78 is 28.0. The number of hydrogen-bond donors (Lipinski definition) is 1. The van der Waals surface area contributed by atoms with Gasteiger partial charge in [-0.2, -0.15) is 17.0 Å². The Labute approximate surface area is 108 Å². The van der Waals surface area contributed by atoms with Crippen LogP contribution in [0.25, 0.3) is 0 Å². The molecule has 2 aliphatic heterocycles. The van der Waals surface area contributed by atoms with E-state index < -0.39 is 10.2 Å². The summed E-state index contributed by atoms with van der Waals surface area (Å²) in [6.07, 6.45) is 3.53. The van der Waals surface area contributed by atoms with E-state index in [-0.39, 0.29) is 5.92 Å². The van der Waals surface area contributed by atoms with Crippen molar-refractivity contribution in [3.63, 3.8) is 0 Å². The van der Waals surface area contributed by atoms with Crippen molar-refractivity contribution in [2.75, 3.05) is 26.2 Å². The third-order valence-electron chi connectivity index (χ3n) is 3.76. The van der Waals surface area contributed by atoms with Crippen molar-refractivity contribution in [1.29, 1.82) is 0 Å². The Morgan fingerprint density at radius 1 is 1.17 bits per heavy atom. The highest BCUT2D eigenvalue weighted by atomic mass is 32.2. The van der Waals surface area contributed by atoms with Crippen LogP contribution in [0.2, 0.25) is 0 Å². The molecule has 18 heavy (non-hydrogen) atoms. The zero-order chi connectivity index (χ0) is 13.2. The quantitative estimate of drug-likeness (QED) is 0.601. The Bertz CT molecular complexity index is 415. The van der Waals surface area contributed by atoms with E-state index in [1.54, 1.807) is 4.31 Å². The molecule has 7 heteroatoms. The van der Waals surface area contributed by atoms with Gasteiger partial charge in [-0.15, -0.1) is 0 Å². The number of hydrogen-bond acceptors (Lipinski definition) is 4. The van der Waals surface area contributed by atoms with Gasteiger partial charge in [0.1, 0.15) is 0 Å². The highest BCUT2D eigenvalue weighted by Gasteiger charge is 2.35. The maximum atomic E-state index is 12.4. The largest absolute Gasteiger partial charge is 0.411 e. The van der Waals surface area contributed by atoms with Crippen LogP contribution in [-0.4, -0.2) is 54.1 Å². The Morgan fingerprint density at radius 2 is 1.83 bits per heavy atom. The molecule has 2 fully saturated rings. The average molecular weight is 275 g/mol. The van der Waals surface area contributed by atoms with E-state index in [1.165, 1.54) is 4.31 Å². The molecular weight excluding hydrogens is 254 g/mol. The molecule has 1 N–H and O–H groups in total. The number of piperidine rings is 2. The Morgan fingerprint density at radius 3 is 2.39 bits per heavy atom. The molecule has 0 aromatic carbocycles. The van der Waals surface area contributed by atoms with Crippen LogP contribution in [0.1, 0.15) is 32.6 Å². The standard InChI is InChI=1S/C11H21N3O3S/c1-10-9-14(8-5-11(10)12-15)18(16,17)13-6-3-2-4-7-13/h10,15H,2-9H2,1H3. The van der Waals surface area contributed by atoms with Gasteiger partial charge in [0.05, 0.1) is 5.71 Å². The second-order valence-corrected chi connectivity index (χ2v) is 7.00. The zero-order valence-electron chi connectivity index (χ0n) is 10.7. The highest BCUT2D eigenvalue weighted by Crippen LogP contribution is 2.21. The predicted octanol–water partition coefficient (Wildman–Crippen LogP) is 0.889. The van der Waals surface area contributed by atoms with Crippen molar-refractivity contribution >= 4 is 15.9 Å². The van der Waals surface area contributed by atoms with Crippen LogP contribution in [0.3, 0.4) is 0 Å². The fourth-order valence-corrected chi connectivity index (χ4v) is 4.39. The van der Waals surface area contributed by atoms with Gasteiger partial charge in [0.2, 0.25) is 0 Å². The Balaban J connectivity index is 2.07. The molecule has 0 amide bonds. The number of oxime groups is 1. The first-order chi connectivity index (χ1) is 8.55. The lowest BCUT2D eigenvalue weighted by molar-refractivity contribution is 0.278. The SMILES string of the molecule is CC1CN(S(=O)(=O)N2CCCCC2)CCC1=NO. The van der Waals surface area contributed by atoms with Gasteiger partial charge in [-0.1, -0.05) is 18.5 Å². The van der Waals surface area contributed by atoms with Gasteiger partial charge in [-0.3, -0.25) is 0 Å². The van der Waals surface area contributed by atoms with Crippen molar-refractivity contribution in [2.24, 2.45) is 11.1 Å². The average Bonchev–Trinajstić information content (AvgIpc) is 2.39. The summed E-state index contributed by atoms with van der Waals surface area (Å²) in [7, 11) is -3.32. The summed E-state index contributed by atoms with van der Waals surface area (Å²) in [6.45, 7) is 4.00. The summed E-state index contributed by atoms with van der Waals surface area (Å²) in [5.74, 6) is -0.0108. The predicted molar refractivity (Wildman–Crippen MR) is 68.9 cm³/mol. The van der Waals surface area contributed by atoms with Crippen LogP contribution in [-0.2, 0) is 10.2 Å². The second kappa shape index (κ2) is 5.54. The van der Waals surface area contributed by atoms with Gasteiger partial charge in [0, 0.05) is 38.5 Å². The second-order valence-electron chi connectivity index (χ2n) is 5.07. The summed E-state index contributed by atoms with van der Waals surface area (Å²) in [4.78, 5) is 0. The smallest absolute Gasteiger partial charge is 0.282 e. The first-order valence-electron chi connectivity index (χ1n) is 6.51. The molecule has 6 nitrogen and oxygen atoms in total. The Hall–Kier alpha value is -0.660. The summed E-state index contributed by atoms with van der Waals surface area (Å²) in [6, 6.07) is 0. The van der Waals surface area contributed by atoms with Crippen molar-refractivity contribution in [2.45, 2.75) is 32.6 Å². The van der Waals surface area contributed by atoms with Crippen molar-refractivity contribution in [1.82, 2.24) is 8.61 Å². The van der Waals surface area contributed by atoms with Gasteiger partial charge in [-0.05, 0) is 12.8 Å². The van der Waals surface area contributed by atoms with Crippen LogP contribution < -0.4 is 0 Å². The fourth-order valence-electron chi connectivity index (χ4n) is 2.60. The highest BCUT2D eigenvalue weighted by molar-refractivity contribution is 7.86. The van der Waals surface area contributed by atoms with E-state index >= 15 is 0 Å². The van der Waals surface area contributed by atoms with Crippen LogP contribution in [0, 0.1) is 5.92 Å². The normalized spacial score (nSPS) is 30.7. The maximum Gasteiger partial charge on any atom is 0.282 e. The van der Waals surface area contributed by atoms with Gasteiger partial charge in [0.25, 0.3) is 10.2 Å². The van der Waals surface area contributed by atoms with Crippen molar-refractivity contribution in [3.05, 3.63) is 0 Å². The van der Waals surface area contributed by atoms with E-state index in [9.17, 15) is 8.42 Å². The van der Waals surface area contributed by atoms with Crippen LogP contribution in [0.15, 0.2) is 5.16 Å². The molecule has 104 valence electrons. The van der Waals surface area contributed by atoms with Crippen LogP contribution in [0.5, 0.6) is 0 Å². The molecule has 0 spiro atoms. The molecule has 2 aliphatic rings. The minimum Gasteiger partial charge on any atom is -0.411 e. The minimum atomic E-state index is -3.32. The van der Waals surface area contributed by atoms with E-state index in [1.807, 2.05) is 6.92 Å². The molecule has 0 aromatic heterocycles. The molecule has 2 rings (SSSR count). The molecule has 1 atom stereocenters. The van der Waals surface area contributed by atoms with E-state index in [4.69, 9.17) is 5.21 Å². The fraction of sp³-hybridized carbons (Fsp3) is 0.909. The first kappa shape index (κ1) is 13.8. The topological polar surface area (TPSA) is 73.2 Å². The lowest BCUT2D eigenvalue weighted by atomic mass is 10.00. The monoisotopic (exact) mass is 275 g/mol. The molecule has 0 aromatic rings. The summed E-state index contributed by atoms with van der Waals surface area (Å²) in [5.41, 5.74) is 0.695. The molecule has 2 saturated heterocycles. The maximum absolute atomic E-state index is 12.4. The molecule has 0 bridgehead atoms. The lowest BCUT2D eigenvalue weighted by Gasteiger charge is -2.36. The van der Waals surface area contributed by atoms with Crippen LogP contribution in [0.4, 0.5) is 0 Å². The zero-order valence-corrected chi connectivity index (χ0v) is 11.6. The van der Waals surface area contributed by atoms with E-state index in [0.717, 1.165) is 19.3 Å². The minimum absolute atomic E-state index is 0.0108. The summed E-state index contributed by atoms with van der Waals surface area (Å²) in [5, 5.41) is 12.0. The summed E-state index contributed by atoms with van der Waals surface area (Å²) >= 11 is 0. The van der Waals surface area contributed by atoms with Crippen LogP contribution >= 0.6 is 0 Å². The van der Waals surface area contributed by atoms with Gasteiger partial charge >= 0.3 is 0 Å². The van der Waals surface area contributed by atoms with Gasteiger partial charge < -0.3 is 5.21 Å². The number of nitrogens with zero attached hydrogens (tertiary/aromatic N) is 3. The molecule has 2 heterocycles.